The Hall–Kier alpha value is -0.0800. The summed E-state index contributed by atoms with van der Waals surface area (Å²) in [5.41, 5.74) is 13.4. The molecule has 96 valence electrons. The molecule has 2 heteroatoms. The normalized spacial score (nSPS) is 38.6. The molecule has 1 rings (SSSR count). The van der Waals surface area contributed by atoms with E-state index in [0.717, 1.165) is 32.1 Å². The zero-order chi connectivity index (χ0) is 12.4. The van der Waals surface area contributed by atoms with Gasteiger partial charge in [-0.25, -0.2) is 0 Å². The lowest BCUT2D eigenvalue weighted by Crippen LogP contribution is -2.74. The number of nitrogens with two attached hydrogens (primary N) is 2. The zero-order valence-electron chi connectivity index (χ0n) is 11.6. The highest BCUT2D eigenvalue weighted by molar-refractivity contribution is 5.17. The Morgan fingerprint density at radius 2 is 1.38 bits per heavy atom. The van der Waals surface area contributed by atoms with Crippen molar-refractivity contribution >= 4 is 0 Å². The van der Waals surface area contributed by atoms with Gasteiger partial charge < -0.3 is 11.5 Å². The molecule has 0 aromatic rings. The summed E-state index contributed by atoms with van der Waals surface area (Å²) in [5.74, 6) is 0. The summed E-state index contributed by atoms with van der Waals surface area (Å²) in [7, 11) is 0. The summed E-state index contributed by atoms with van der Waals surface area (Å²) in [6.07, 6.45) is 7.90. The van der Waals surface area contributed by atoms with Crippen molar-refractivity contribution in [2.24, 2.45) is 16.9 Å². The average Bonchev–Trinajstić information content (AvgIpc) is 2.33. The second-order valence-corrected chi connectivity index (χ2v) is 5.68. The highest BCUT2D eigenvalue weighted by Gasteiger charge is 2.57. The van der Waals surface area contributed by atoms with E-state index < -0.39 is 0 Å². The molecule has 0 aromatic carbocycles. The van der Waals surface area contributed by atoms with Gasteiger partial charge in [-0.1, -0.05) is 34.1 Å². The number of hydrogen-bond donors (Lipinski definition) is 2. The van der Waals surface area contributed by atoms with Crippen molar-refractivity contribution in [3.05, 3.63) is 0 Å². The fourth-order valence-corrected chi connectivity index (χ4v) is 4.17. The Balaban J connectivity index is 3.20. The predicted octanol–water partition coefficient (Wildman–Crippen LogP) is 3.19. The van der Waals surface area contributed by atoms with Crippen LogP contribution in [0.15, 0.2) is 0 Å². The Morgan fingerprint density at radius 1 is 0.812 bits per heavy atom. The lowest BCUT2D eigenvalue weighted by atomic mass is 9.50. The molecule has 0 saturated heterocycles. The van der Waals surface area contributed by atoms with E-state index in [1.54, 1.807) is 0 Å². The van der Waals surface area contributed by atoms with Crippen LogP contribution < -0.4 is 11.5 Å². The van der Waals surface area contributed by atoms with Crippen LogP contribution in [0.3, 0.4) is 0 Å². The molecule has 0 aromatic heterocycles. The second-order valence-electron chi connectivity index (χ2n) is 5.68. The largest absolute Gasteiger partial charge is 0.324 e. The van der Waals surface area contributed by atoms with Crippen molar-refractivity contribution in [3.63, 3.8) is 0 Å². The zero-order valence-corrected chi connectivity index (χ0v) is 11.6. The van der Waals surface area contributed by atoms with Crippen LogP contribution in [0, 0.1) is 5.41 Å². The molecule has 0 radical (unpaired) electrons. The number of hydrogen-bond acceptors (Lipinski definition) is 2. The van der Waals surface area contributed by atoms with Crippen LogP contribution in [0.1, 0.15) is 72.6 Å². The highest BCUT2D eigenvalue weighted by Crippen LogP contribution is 2.53. The van der Waals surface area contributed by atoms with E-state index in [4.69, 9.17) is 11.5 Å². The van der Waals surface area contributed by atoms with Crippen molar-refractivity contribution < 1.29 is 0 Å². The Morgan fingerprint density at radius 3 is 1.75 bits per heavy atom. The monoisotopic (exact) mass is 226 g/mol. The van der Waals surface area contributed by atoms with Gasteiger partial charge in [0.15, 0.2) is 0 Å². The van der Waals surface area contributed by atoms with E-state index in [1.807, 2.05) is 0 Å². The first-order valence-electron chi connectivity index (χ1n) is 7.03. The van der Waals surface area contributed by atoms with Crippen LogP contribution in [0.25, 0.3) is 0 Å². The van der Waals surface area contributed by atoms with E-state index in [-0.39, 0.29) is 16.5 Å². The van der Waals surface area contributed by atoms with E-state index in [9.17, 15) is 0 Å². The first kappa shape index (κ1) is 14.0. The molecule has 0 bridgehead atoms. The molecule has 1 fully saturated rings. The van der Waals surface area contributed by atoms with E-state index in [1.165, 1.54) is 12.8 Å². The fraction of sp³-hybridized carbons (Fsp3) is 1.00. The third-order valence-corrected chi connectivity index (χ3v) is 5.66. The standard InChI is InChI=1S/C14H30N2/c1-5-12(6-2)10-9-11-13(15,7-3)14(12,16)8-4/h5-11,15-16H2,1-4H3. The number of rotatable bonds is 4. The summed E-state index contributed by atoms with van der Waals surface area (Å²) in [5, 5.41) is 0. The fourth-order valence-electron chi connectivity index (χ4n) is 4.17. The Labute approximate surface area is 101 Å². The molecule has 0 amide bonds. The quantitative estimate of drug-likeness (QED) is 0.773. The van der Waals surface area contributed by atoms with E-state index in [2.05, 4.69) is 27.7 Å². The van der Waals surface area contributed by atoms with Crippen LogP contribution in [-0.4, -0.2) is 11.1 Å². The minimum absolute atomic E-state index is 0.161. The maximum Gasteiger partial charge on any atom is 0.0390 e. The smallest absolute Gasteiger partial charge is 0.0390 e. The van der Waals surface area contributed by atoms with Crippen LogP contribution >= 0.6 is 0 Å². The molecule has 1 aliphatic rings. The van der Waals surface area contributed by atoms with E-state index >= 15 is 0 Å². The van der Waals surface area contributed by atoms with Gasteiger partial charge in [-0.2, -0.15) is 0 Å². The van der Waals surface area contributed by atoms with Crippen molar-refractivity contribution in [2.45, 2.75) is 83.7 Å². The molecule has 16 heavy (non-hydrogen) atoms. The van der Waals surface area contributed by atoms with Crippen LogP contribution in [0.4, 0.5) is 0 Å². The highest BCUT2D eigenvalue weighted by atomic mass is 15.0. The summed E-state index contributed by atoms with van der Waals surface area (Å²) in [4.78, 5) is 0. The van der Waals surface area contributed by atoms with Crippen LogP contribution in [0.2, 0.25) is 0 Å². The second kappa shape index (κ2) is 4.66. The van der Waals surface area contributed by atoms with Gasteiger partial charge in [0.05, 0.1) is 0 Å². The molecule has 2 atom stereocenters. The lowest BCUT2D eigenvalue weighted by Gasteiger charge is -2.60. The van der Waals surface area contributed by atoms with Gasteiger partial charge in [-0.3, -0.25) is 0 Å². The van der Waals surface area contributed by atoms with Crippen molar-refractivity contribution in [1.29, 1.82) is 0 Å². The lowest BCUT2D eigenvalue weighted by molar-refractivity contribution is -0.0209. The average molecular weight is 226 g/mol. The summed E-state index contributed by atoms with van der Waals surface area (Å²) < 4.78 is 0. The SMILES string of the molecule is CCC1(N)CCCC(CC)(CC)C1(N)CC. The van der Waals surface area contributed by atoms with Gasteiger partial charge in [-0.05, 0) is 43.9 Å². The first-order valence-corrected chi connectivity index (χ1v) is 7.03. The molecule has 1 aliphatic carbocycles. The molecule has 0 heterocycles. The van der Waals surface area contributed by atoms with Gasteiger partial charge in [-0.15, -0.1) is 0 Å². The summed E-state index contributed by atoms with van der Waals surface area (Å²) in [6.45, 7) is 8.96. The summed E-state index contributed by atoms with van der Waals surface area (Å²) >= 11 is 0. The van der Waals surface area contributed by atoms with Gasteiger partial charge in [0.25, 0.3) is 0 Å². The Kier molecular flexibility index (Phi) is 4.07. The van der Waals surface area contributed by atoms with Crippen molar-refractivity contribution in [3.8, 4) is 0 Å². The first-order chi connectivity index (χ1) is 7.45. The maximum absolute atomic E-state index is 6.82. The van der Waals surface area contributed by atoms with Gasteiger partial charge in [0.1, 0.15) is 0 Å². The third-order valence-electron chi connectivity index (χ3n) is 5.66. The molecule has 2 unspecified atom stereocenters. The molecular formula is C14H30N2. The maximum atomic E-state index is 6.82. The molecule has 4 N–H and O–H groups in total. The third kappa shape index (κ3) is 1.62. The van der Waals surface area contributed by atoms with Gasteiger partial charge in [0.2, 0.25) is 0 Å². The van der Waals surface area contributed by atoms with Crippen LogP contribution in [0.5, 0.6) is 0 Å². The molecule has 2 nitrogen and oxygen atoms in total. The predicted molar refractivity (Wildman–Crippen MR) is 71.3 cm³/mol. The van der Waals surface area contributed by atoms with Crippen LogP contribution in [-0.2, 0) is 0 Å². The van der Waals surface area contributed by atoms with Crippen molar-refractivity contribution in [2.75, 3.05) is 0 Å². The molecule has 0 aliphatic heterocycles. The van der Waals surface area contributed by atoms with E-state index in [0.29, 0.717) is 0 Å². The minimum Gasteiger partial charge on any atom is -0.324 e. The molecule has 1 saturated carbocycles. The molecule has 0 spiro atoms. The Bertz CT molecular complexity index is 235. The van der Waals surface area contributed by atoms with Gasteiger partial charge in [0, 0.05) is 11.1 Å². The van der Waals surface area contributed by atoms with Crippen molar-refractivity contribution in [1.82, 2.24) is 0 Å². The summed E-state index contributed by atoms with van der Waals surface area (Å²) in [6, 6.07) is 0. The minimum atomic E-state index is -0.184. The topological polar surface area (TPSA) is 52.0 Å². The molecular weight excluding hydrogens is 196 g/mol. The van der Waals surface area contributed by atoms with Gasteiger partial charge >= 0.3 is 0 Å².